The summed E-state index contributed by atoms with van der Waals surface area (Å²) in [6, 6.07) is 10.9. The molecule has 0 amide bonds. The van der Waals surface area contributed by atoms with Gasteiger partial charge in [0.25, 0.3) is 0 Å². The summed E-state index contributed by atoms with van der Waals surface area (Å²) in [6.07, 6.45) is 0.280. The zero-order valence-electron chi connectivity index (χ0n) is 12.0. The summed E-state index contributed by atoms with van der Waals surface area (Å²) in [5, 5.41) is 11.0. The number of thiophene rings is 1. The van der Waals surface area contributed by atoms with Gasteiger partial charge in [-0.25, -0.2) is 13.1 Å². The molecule has 2 rings (SSSR count). The summed E-state index contributed by atoms with van der Waals surface area (Å²) in [6.45, 7) is 1.58. The van der Waals surface area contributed by atoms with Crippen LogP contribution >= 0.6 is 11.3 Å². The number of hydrogen-bond acceptors (Lipinski definition) is 4. The van der Waals surface area contributed by atoms with Crippen LogP contribution in [0.15, 0.2) is 46.0 Å². The molecule has 22 heavy (non-hydrogen) atoms. The summed E-state index contributed by atoms with van der Waals surface area (Å²) >= 11 is 1.12. The maximum atomic E-state index is 12.2. The summed E-state index contributed by atoms with van der Waals surface area (Å²) in [4.78, 5) is 11.3. The van der Waals surface area contributed by atoms with E-state index in [2.05, 4.69) is 4.72 Å². The van der Waals surface area contributed by atoms with Crippen molar-refractivity contribution < 1.29 is 18.3 Å². The Morgan fingerprint density at radius 2 is 1.95 bits per heavy atom. The van der Waals surface area contributed by atoms with Gasteiger partial charge in [-0.2, -0.15) is 0 Å². The van der Waals surface area contributed by atoms with E-state index in [1.165, 1.54) is 0 Å². The number of aliphatic carboxylic acids is 1. The van der Waals surface area contributed by atoms with E-state index in [1.54, 1.807) is 18.4 Å². The van der Waals surface area contributed by atoms with E-state index >= 15 is 0 Å². The van der Waals surface area contributed by atoms with Crippen molar-refractivity contribution in [2.75, 3.05) is 6.54 Å². The molecule has 2 N–H and O–H groups in total. The first-order valence-corrected chi connectivity index (χ1v) is 9.07. The van der Waals surface area contributed by atoms with Gasteiger partial charge in [-0.3, -0.25) is 4.79 Å². The molecule has 0 saturated carbocycles. The van der Waals surface area contributed by atoms with E-state index in [9.17, 15) is 18.3 Å². The standard InChI is InChI=1S/C15H17NO4S2/c1-11-7-8-21-15(11)22(19,20)16-10-13(14(17)18)9-12-5-3-2-4-6-12/h2-8,13,16H,9-10H2,1H3,(H,17,18). The van der Waals surface area contributed by atoms with Crippen LogP contribution in [0.4, 0.5) is 0 Å². The number of sulfonamides is 1. The number of aryl methyl sites for hydroxylation is 1. The highest BCUT2D eigenvalue weighted by molar-refractivity contribution is 7.91. The molecule has 0 radical (unpaired) electrons. The lowest BCUT2D eigenvalue weighted by atomic mass is 10.00. The molecular formula is C15H17NO4S2. The zero-order valence-corrected chi connectivity index (χ0v) is 13.7. The minimum atomic E-state index is -3.66. The van der Waals surface area contributed by atoms with Crippen molar-refractivity contribution in [1.29, 1.82) is 0 Å². The third-order valence-electron chi connectivity index (χ3n) is 3.25. The minimum absolute atomic E-state index is 0.135. The fourth-order valence-electron chi connectivity index (χ4n) is 2.06. The molecule has 0 aliphatic heterocycles. The molecule has 0 fully saturated rings. The normalized spacial score (nSPS) is 13.0. The van der Waals surface area contributed by atoms with Crippen molar-refractivity contribution in [2.45, 2.75) is 17.6 Å². The number of rotatable bonds is 7. The Bertz CT molecular complexity index is 738. The molecule has 0 aliphatic rings. The topological polar surface area (TPSA) is 83.5 Å². The fraction of sp³-hybridized carbons (Fsp3) is 0.267. The Morgan fingerprint density at radius 3 is 2.50 bits per heavy atom. The second-order valence-electron chi connectivity index (χ2n) is 4.97. The van der Waals surface area contributed by atoms with E-state index in [0.717, 1.165) is 16.9 Å². The van der Waals surface area contributed by atoms with Gasteiger partial charge in [0.1, 0.15) is 4.21 Å². The van der Waals surface area contributed by atoms with Gasteiger partial charge in [0, 0.05) is 6.54 Å². The predicted octanol–water partition coefficient (Wildman–Crippen LogP) is 2.28. The van der Waals surface area contributed by atoms with Crippen LogP contribution < -0.4 is 4.72 Å². The molecule has 1 aromatic carbocycles. The maximum absolute atomic E-state index is 12.2. The lowest BCUT2D eigenvalue weighted by Crippen LogP contribution is -2.34. The van der Waals surface area contributed by atoms with Crippen LogP contribution in [-0.4, -0.2) is 26.0 Å². The molecule has 1 unspecified atom stereocenters. The minimum Gasteiger partial charge on any atom is -0.481 e. The molecule has 118 valence electrons. The predicted molar refractivity (Wildman–Crippen MR) is 85.5 cm³/mol. The number of carbonyl (C=O) groups is 1. The molecule has 2 aromatic rings. The smallest absolute Gasteiger partial charge is 0.308 e. The second kappa shape index (κ2) is 7.04. The Labute approximate surface area is 133 Å². The number of hydrogen-bond donors (Lipinski definition) is 2. The van der Waals surface area contributed by atoms with Crippen molar-refractivity contribution in [3.63, 3.8) is 0 Å². The van der Waals surface area contributed by atoms with Gasteiger partial charge in [-0.05, 0) is 35.9 Å². The Kier molecular flexibility index (Phi) is 5.33. The zero-order chi connectivity index (χ0) is 16.2. The molecule has 1 heterocycles. The molecule has 0 bridgehead atoms. The summed E-state index contributed by atoms with van der Waals surface area (Å²) in [5.41, 5.74) is 1.52. The lowest BCUT2D eigenvalue weighted by molar-refractivity contribution is -0.141. The third-order valence-corrected chi connectivity index (χ3v) is 6.37. The van der Waals surface area contributed by atoms with Crippen molar-refractivity contribution >= 4 is 27.3 Å². The molecule has 0 spiro atoms. The van der Waals surface area contributed by atoms with E-state index in [0.29, 0.717) is 5.56 Å². The van der Waals surface area contributed by atoms with Gasteiger partial charge in [0.2, 0.25) is 10.0 Å². The van der Waals surface area contributed by atoms with Crippen LogP contribution in [0.2, 0.25) is 0 Å². The highest BCUT2D eigenvalue weighted by Crippen LogP contribution is 2.21. The molecule has 5 nitrogen and oxygen atoms in total. The first-order valence-electron chi connectivity index (χ1n) is 6.70. The fourth-order valence-corrected chi connectivity index (χ4v) is 4.60. The highest BCUT2D eigenvalue weighted by atomic mass is 32.2. The average Bonchev–Trinajstić information content (AvgIpc) is 2.91. The molecule has 1 aromatic heterocycles. The highest BCUT2D eigenvalue weighted by Gasteiger charge is 2.23. The average molecular weight is 339 g/mol. The first-order chi connectivity index (χ1) is 10.4. The van der Waals surface area contributed by atoms with E-state index in [-0.39, 0.29) is 17.2 Å². The van der Waals surface area contributed by atoms with Crippen molar-refractivity contribution in [3.8, 4) is 0 Å². The van der Waals surface area contributed by atoms with E-state index in [1.807, 2.05) is 30.3 Å². The lowest BCUT2D eigenvalue weighted by Gasteiger charge is -2.13. The largest absolute Gasteiger partial charge is 0.481 e. The number of nitrogens with one attached hydrogen (secondary N) is 1. The molecule has 7 heteroatoms. The van der Waals surface area contributed by atoms with Crippen LogP contribution in [0, 0.1) is 12.8 Å². The maximum Gasteiger partial charge on any atom is 0.308 e. The number of carboxylic acids is 1. The summed E-state index contributed by atoms with van der Waals surface area (Å²) in [5.74, 6) is -1.83. The van der Waals surface area contributed by atoms with Crippen LogP contribution in [-0.2, 0) is 21.2 Å². The second-order valence-corrected chi connectivity index (χ2v) is 7.85. The van der Waals surface area contributed by atoms with E-state index < -0.39 is 21.9 Å². The van der Waals surface area contributed by atoms with Crippen LogP contribution in [0.1, 0.15) is 11.1 Å². The van der Waals surface area contributed by atoms with Crippen LogP contribution in [0.25, 0.3) is 0 Å². The van der Waals surface area contributed by atoms with Crippen LogP contribution in [0.5, 0.6) is 0 Å². The summed E-state index contributed by atoms with van der Waals surface area (Å²) < 4.78 is 27.0. The Hall–Kier alpha value is -1.70. The summed E-state index contributed by atoms with van der Waals surface area (Å²) in [7, 11) is -3.66. The van der Waals surface area contributed by atoms with Gasteiger partial charge in [0.05, 0.1) is 5.92 Å². The van der Waals surface area contributed by atoms with Crippen molar-refractivity contribution in [1.82, 2.24) is 4.72 Å². The molecular weight excluding hydrogens is 322 g/mol. The molecule has 0 aliphatic carbocycles. The van der Waals surface area contributed by atoms with Gasteiger partial charge in [-0.1, -0.05) is 30.3 Å². The monoisotopic (exact) mass is 339 g/mol. The van der Waals surface area contributed by atoms with Gasteiger partial charge < -0.3 is 5.11 Å². The van der Waals surface area contributed by atoms with Crippen molar-refractivity contribution in [2.24, 2.45) is 5.92 Å². The first kappa shape index (κ1) is 16.7. The third kappa shape index (κ3) is 4.16. The van der Waals surface area contributed by atoms with E-state index in [4.69, 9.17) is 0 Å². The quantitative estimate of drug-likeness (QED) is 0.810. The van der Waals surface area contributed by atoms with Crippen molar-refractivity contribution in [3.05, 3.63) is 52.9 Å². The Morgan fingerprint density at radius 1 is 1.27 bits per heavy atom. The number of benzene rings is 1. The van der Waals surface area contributed by atoms with Gasteiger partial charge in [-0.15, -0.1) is 11.3 Å². The molecule has 1 atom stereocenters. The van der Waals surface area contributed by atoms with Crippen LogP contribution in [0.3, 0.4) is 0 Å². The Balaban J connectivity index is 2.06. The SMILES string of the molecule is Cc1ccsc1S(=O)(=O)NCC(Cc1ccccc1)C(=O)O. The van der Waals surface area contributed by atoms with Gasteiger partial charge >= 0.3 is 5.97 Å². The molecule has 0 saturated heterocycles. The van der Waals surface area contributed by atoms with Gasteiger partial charge in [0.15, 0.2) is 0 Å². The number of carboxylic acid groups (broad SMARTS) is 1.